The largest absolute Gasteiger partial charge is 0.495 e. The van der Waals surface area contributed by atoms with Crippen molar-refractivity contribution in [3.8, 4) is 11.8 Å². The molecule has 0 aliphatic heterocycles. The molecule has 0 N–H and O–H groups in total. The monoisotopic (exact) mass is 223 g/mol. The first-order valence-corrected chi connectivity index (χ1v) is 5.23. The van der Waals surface area contributed by atoms with E-state index < -0.39 is 0 Å². The van der Waals surface area contributed by atoms with Gasteiger partial charge in [-0.25, -0.2) is 0 Å². The summed E-state index contributed by atoms with van der Waals surface area (Å²) in [6.45, 7) is 0. The van der Waals surface area contributed by atoms with E-state index >= 15 is 0 Å². The number of nitrogens with zero attached hydrogens (tertiary/aromatic N) is 1. The van der Waals surface area contributed by atoms with Crippen LogP contribution in [0.15, 0.2) is 40.8 Å². The van der Waals surface area contributed by atoms with Crippen molar-refractivity contribution in [1.29, 1.82) is 5.26 Å². The minimum atomic E-state index is 0.485. The maximum atomic E-state index is 9.01. The molecule has 0 amide bonds. The van der Waals surface area contributed by atoms with Gasteiger partial charge in [-0.2, -0.15) is 5.26 Å². The fourth-order valence-electron chi connectivity index (χ4n) is 2.01. The molecule has 82 valence electrons. The highest BCUT2D eigenvalue weighted by atomic mass is 16.5. The van der Waals surface area contributed by atoms with Crippen LogP contribution in [0.4, 0.5) is 0 Å². The molecule has 3 heteroatoms. The molecular weight excluding hydrogens is 214 g/mol. The minimum absolute atomic E-state index is 0.485. The standard InChI is InChI=1S/C14H9NO2/c1-16-13-7-11-10-4-2-3-5-12(10)17-14(11)6-9(13)8-15/h2-7H,1H3. The second kappa shape index (κ2) is 3.53. The second-order valence-electron chi connectivity index (χ2n) is 3.76. The van der Waals surface area contributed by atoms with Crippen LogP contribution in [0, 0.1) is 11.3 Å². The molecule has 17 heavy (non-hydrogen) atoms. The lowest BCUT2D eigenvalue weighted by atomic mass is 10.1. The molecule has 0 atom stereocenters. The lowest BCUT2D eigenvalue weighted by Gasteiger charge is -2.01. The molecule has 1 heterocycles. The number of nitriles is 1. The maximum absolute atomic E-state index is 9.01. The Hall–Kier alpha value is -2.47. The van der Waals surface area contributed by atoms with Crippen LogP contribution >= 0.6 is 0 Å². The van der Waals surface area contributed by atoms with Crippen LogP contribution in [0.1, 0.15) is 5.56 Å². The van der Waals surface area contributed by atoms with Gasteiger partial charge in [0.2, 0.25) is 0 Å². The zero-order chi connectivity index (χ0) is 11.8. The Bertz CT molecular complexity index is 750. The number of rotatable bonds is 1. The van der Waals surface area contributed by atoms with E-state index in [9.17, 15) is 0 Å². The SMILES string of the molecule is COc1cc2c(cc1C#N)oc1ccccc12. The van der Waals surface area contributed by atoms with Crippen LogP contribution in [0.2, 0.25) is 0 Å². The highest BCUT2D eigenvalue weighted by molar-refractivity contribution is 6.05. The van der Waals surface area contributed by atoms with Crippen LogP contribution in [0.25, 0.3) is 21.9 Å². The van der Waals surface area contributed by atoms with E-state index in [0.717, 1.165) is 16.4 Å². The van der Waals surface area contributed by atoms with E-state index in [1.165, 1.54) is 0 Å². The predicted octanol–water partition coefficient (Wildman–Crippen LogP) is 3.47. The summed E-state index contributed by atoms with van der Waals surface area (Å²) in [6.07, 6.45) is 0. The fourth-order valence-corrected chi connectivity index (χ4v) is 2.01. The lowest BCUT2D eigenvalue weighted by Crippen LogP contribution is -1.86. The summed E-state index contributed by atoms with van der Waals surface area (Å²) in [5.41, 5.74) is 2.02. The average molecular weight is 223 g/mol. The van der Waals surface area contributed by atoms with Gasteiger partial charge in [0, 0.05) is 16.8 Å². The Morgan fingerprint density at radius 1 is 1.12 bits per heavy atom. The number of fused-ring (bicyclic) bond motifs is 3. The van der Waals surface area contributed by atoms with Gasteiger partial charge in [-0.05, 0) is 12.1 Å². The molecule has 0 unspecified atom stereocenters. The number of ether oxygens (including phenoxy) is 1. The molecule has 0 spiro atoms. The highest BCUT2D eigenvalue weighted by Gasteiger charge is 2.11. The summed E-state index contributed by atoms with van der Waals surface area (Å²) in [7, 11) is 1.56. The molecule has 0 aliphatic rings. The minimum Gasteiger partial charge on any atom is -0.495 e. The van der Waals surface area contributed by atoms with Crippen molar-refractivity contribution in [1.82, 2.24) is 0 Å². The van der Waals surface area contributed by atoms with Gasteiger partial charge in [-0.3, -0.25) is 0 Å². The first kappa shape index (κ1) is 9.73. The van der Waals surface area contributed by atoms with Gasteiger partial charge in [-0.15, -0.1) is 0 Å². The Balaban J connectivity index is 2.47. The second-order valence-corrected chi connectivity index (χ2v) is 3.76. The Labute approximate surface area is 97.8 Å². The van der Waals surface area contributed by atoms with E-state index in [2.05, 4.69) is 6.07 Å². The van der Waals surface area contributed by atoms with Gasteiger partial charge in [0.25, 0.3) is 0 Å². The van der Waals surface area contributed by atoms with Crippen molar-refractivity contribution in [2.45, 2.75) is 0 Å². The van der Waals surface area contributed by atoms with Crippen molar-refractivity contribution < 1.29 is 9.15 Å². The molecule has 3 nitrogen and oxygen atoms in total. The molecule has 0 radical (unpaired) electrons. The molecule has 3 rings (SSSR count). The maximum Gasteiger partial charge on any atom is 0.137 e. The average Bonchev–Trinajstić information content (AvgIpc) is 2.74. The summed E-state index contributed by atoms with van der Waals surface area (Å²) in [5, 5.41) is 11.0. The van der Waals surface area contributed by atoms with Crippen LogP contribution in [0.5, 0.6) is 5.75 Å². The Morgan fingerprint density at radius 3 is 2.71 bits per heavy atom. The highest BCUT2D eigenvalue weighted by Crippen LogP contribution is 2.33. The predicted molar refractivity (Wildman–Crippen MR) is 65.0 cm³/mol. The normalized spacial score (nSPS) is 10.6. The van der Waals surface area contributed by atoms with E-state index in [-0.39, 0.29) is 0 Å². The van der Waals surface area contributed by atoms with Crippen molar-refractivity contribution in [2.75, 3.05) is 7.11 Å². The smallest absolute Gasteiger partial charge is 0.137 e. The molecule has 2 aromatic carbocycles. The van der Waals surface area contributed by atoms with Gasteiger partial charge in [0.15, 0.2) is 0 Å². The van der Waals surface area contributed by atoms with Gasteiger partial charge < -0.3 is 9.15 Å². The molecule has 0 bridgehead atoms. The van der Waals surface area contributed by atoms with Gasteiger partial charge in [-0.1, -0.05) is 18.2 Å². The number of furan rings is 1. The summed E-state index contributed by atoms with van der Waals surface area (Å²) in [5.74, 6) is 0.576. The van der Waals surface area contributed by atoms with Crippen LogP contribution in [-0.4, -0.2) is 7.11 Å². The molecule has 3 aromatic rings. The molecule has 0 aliphatic carbocycles. The van der Waals surface area contributed by atoms with Gasteiger partial charge in [0.1, 0.15) is 23.0 Å². The Morgan fingerprint density at radius 2 is 1.94 bits per heavy atom. The van der Waals surface area contributed by atoms with E-state index in [1.807, 2.05) is 30.3 Å². The van der Waals surface area contributed by atoms with Crippen molar-refractivity contribution in [3.63, 3.8) is 0 Å². The van der Waals surface area contributed by atoms with Crippen LogP contribution < -0.4 is 4.74 Å². The molecule has 0 fully saturated rings. The number of hydrogen-bond acceptors (Lipinski definition) is 3. The van der Waals surface area contributed by atoms with Gasteiger partial charge >= 0.3 is 0 Å². The van der Waals surface area contributed by atoms with Crippen molar-refractivity contribution in [2.24, 2.45) is 0 Å². The van der Waals surface area contributed by atoms with E-state index in [1.54, 1.807) is 13.2 Å². The Kier molecular flexibility index (Phi) is 2.02. The molecule has 1 aromatic heterocycles. The van der Waals surface area contributed by atoms with Crippen LogP contribution in [0.3, 0.4) is 0 Å². The summed E-state index contributed by atoms with van der Waals surface area (Å²) in [4.78, 5) is 0. The first-order chi connectivity index (χ1) is 8.33. The van der Waals surface area contributed by atoms with Crippen LogP contribution in [-0.2, 0) is 0 Å². The van der Waals surface area contributed by atoms with E-state index in [4.69, 9.17) is 14.4 Å². The van der Waals surface area contributed by atoms with Gasteiger partial charge in [0.05, 0.1) is 12.7 Å². The zero-order valence-corrected chi connectivity index (χ0v) is 9.23. The van der Waals surface area contributed by atoms with Crippen molar-refractivity contribution >= 4 is 21.9 Å². The summed E-state index contributed by atoms with van der Waals surface area (Å²) in [6, 6.07) is 13.4. The number of methoxy groups -OCH3 is 1. The third-order valence-corrected chi connectivity index (χ3v) is 2.82. The summed E-state index contributed by atoms with van der Waals surface area (Å²) >= 11 is 0. The zero-order valence-electron chi connectivity index (χ0n) is 9.23. The lowest BCUT2D eigenvalue weighted by molar-refractivity contribution is 0.414. The van der Waals surface area contributed by atoms with E-state index in [0.29, 0.717) is 16.9 Å². The third-order valence-electron chi connectivity index (χ3n) is 2.82. The number of benzene rings is 2. The molecular formula is C14H9NO2. The topological polar surface area (TPSA) is 46.2 Å². The molecule has 0 saturated heterocycles. The quantitative estimate of drug-likeness (QED) is 0.634. The number of hydrogen-bond donors (Lipinski definition) is 0. The fraction of sp³-hybridized carbons (Fsp3) is 0.0714. The summed E-state index contributed by atoms with van der Waals surface area (Å²) < 4.78 is 10.9. The van der Waals surface area contributed by atoms with Crippen molar-refractivity contribution in [3.05, 3.63) is 42.0 Å². The third kappa shape index (κ3) is 1.35. The first-order valence-electron chi connectivity index (χ1n) is 5.23. The molecule has 0 saturated carbocycles. The number of para-hydroxylation sites is 1.